The predicted molar refractivity (Wildman–Crippen MR) is 186 cm³/mol. The van der Waals surface area contributed by atoms with E-state index in [1.807, 2.05) is 49.4 Å². The Kier molecular flexibility index (Phi) is 13.7. The van der Waals surface area contributed by atoms with E-state index in [4.69, 9.17) is 22.8 Å². The first-order valence-corrected chi connectivity index (χ1v) is 16.3. The highest BCUT2D eigenvalue weighted by Crippen LogP contribution is 2.30. The molecule has 244 valence electrons. The summed E-state index contributed by atoms with van der Waals surface area (Å²) in [5.74, 6) is 1.78. The van der Waals surface area contributed by atoms with Gasteiger partial charge in [0.05, 0.1) is 10.7 Å². The molecule has 2 atom stereocenters. The van der Waals surface area contributed by atoms with Crippen LogP contribution in [0.25, 0.3) is 0 Å². The molecule has 7 nitrogen and oxygen atoms in total. The number of unbranched alkanes of at least 4 members (excludes halogenated alkanes) is 4. The number of carbonyl (C=O) groups is 3. The lowest BCUT2D eigenvalue weighted by atomic mass is 9.98. The molecule has 0 bridgehead atoms. The van der Waals surface area contributed by atoms with E-state index in [1.54, 1.807) is 56.0 Å². The molecule has 3 aromatic carbocycles. The molecule has 0 aliphatic rings. The van der Waals surface area contributed by atoms with Crippen LogP contribution in [0.2, 0.25) is 5.02 Å². The summed E-state index contributed by atoms with van der Waals surface area (Å²) in [7, 11) is 0. The van der Waals surface area contributed by atoms with E-state index in [0.29, 0.717) is 34.8 Å². The van der Waals surface area contributed by atoms with Crippen LogP contribution in [-0.4, -0.2) is 41.0 Å². The first-order valence-electron chi connectivity index (χ1n) is 15.9. The second-order valence-electron chi connectivity index (χ2n) is 12.4. The number of amides is 3. The van der Waals surface area contributed by atoms with Crippen molar-refractivity contribution in [2.45, 2.75) is 90.8 Å². The van der Waals surface area contributed by atoms with Crippen molar-refractivity contribution in [3.8, 4) is 12.3 Å². The molecule has 3 amide bonds. The summed E-state index contributed by atoms with van der Waals surface area (Å²) in [6, 6.07) is 19.8. The minimum atomic E-state index is -1.04. The van der Waals surface area contributed by atoms with Gasteiger partial charge in [-0.05, 0) is 69.0 Å². The molecule has 0 radical (unpaired) electrons. The second kappa shape index (κ2) is 17.4. The quantitative estimate of drug-likeness (QED) is 0.137. The Morgan fingerprint density at radius 2 is 1.61 bits per heavy atom. The normalized spacial score (nSPS) is 12.4. The summed E-state index contributed by atoms with van der Waals surface area (Å²) >= 11 is 6.51. The number of carbonyl (C=O) groups excluding carboxylic acids is 3. The van der Waals surface area contributed by atoms with E-state index in [2.05, 4.69) is 23.5 Å². The number of ether oxygens (including phenoxy) is 1. The Bertz CT molecular complexity index is 1470. The smallest absolute Gasteiger partial charge is 0.408 e. The minimum absolute atomic E-state index is 0.208. The zero-order valence-electron chi connectivity index (χ0n) is 27.6. The van der Waals surface area contributed by atoms with E-state index in [-0.39, 0.29) is 6.42 Å². The number of nitrogens with zero attached hydrogens (tertiary/aromatic N) is 1. The van der Waals surface area contributed by atoms with Crippen molar-refractivity contribution in [3.05, 3.63) is 100 Å². The predicted octanol–water partition coefficient (Wildman–Crippen LogP) is 8.24. The summed E-state index contributed by atoms with van der Waals surface area (Å²) in [5, 5.41) is 6.20. The van der Waals surface area contributed by atoms with Crippen molar-refractivity contribution >= 4 is 35.2 Å². The highest BCUT2D eigenvalue weighted by atomic mass is 35.5. The van der Waals surface area contributed by atoms with Gasteiger partial charge in [0.15, 0.2) is 0 Å². The summed E-state index contributed by atoms with van der Waals surface area (Å²) in [4.78, 5) is 43.7. The fraction of sp³-hybridized carbons (Fsp3) is 0.395. The molecule has 0 aliphatic carbocycles. The molecule has 46 heavy (non-hydrogen) atoms. The van der Waals surface area contributed by atoms with Gasteiger partial charge in [0, 0.05) is 18.5 Å². The van der Waals surface area contributed by atoms with Gasteiger partial charge in [-0.25, -0.2) is 4.79 Å². The molecule has 3 aromatic rings. The number of anilines is 1. The molecule has 0 aromatic heterocycles. The Hall–Kier alpha value is -4.28. The molecule has 0 fully saturated rings. The number of aryl methyl sites for hydroxylation is 1. The van der Waals surface area contributed by atoms with E-state index in [0.717, 1.165) is 36.8 Å². The van der Waals surface area contributed by atoms with Gasteiger partial charge in [-0.3, -0.25) is 9.59 Å². The first-order chi connectivity index (χ1) is 21.9. The van der Waals surface area contributed by atoms with Crippen LogP contribution in [0.3, 0.4) is 0 Å². The van der Waals surface area contributed by atoms with Crippen molar-refractivity contribution in [1.29, 1.82) is 0 Å². The summed E-state index contributed by atoms with van der Waals surface area (Å²) < 4.78 is 5.55. The molecule has 0 heterocycles. The number of rotatable bonds is 14. The van der Waals surface area contributed by atoms with Crippen LogP contribution in [0.4, 0.5) is 10.5 Å². The Balaban J connectivity index is 2.10. The average Bonchev–Trinajstić information content (AvgIpc) is 3.01. The van der Waals surface area contributed by atoms with Crippen molar-refractivity contribution < 1.29 is 19.1 Å². The van der Waals surface area contributed by atoms with E-state index in [1.165, 1.54) is 0 Å². The zero-order chi connectivity index (χ0) is 33.7. The van der Waals surface area contributed by atoms with Crippen molar-refractivity contribution in [2.75, 3.05) is 11.9 Å². The number of hydrogen-bond donors (Lipinski definition) is 2. The number of para-hydroxylation sites is 1. The van der Waals surface area contributed by atoms with Crippen molar-refractivity contribution in [1.82, 2.24) is 10.2 Å². The monoisotopic (exact) mass is 643 g/mol. The van der Waals surface area contributed by atoms with Gasteiger partial charge < -0.3 is 20.3 Å². The third kappa shape index (κ3) is 11.0. The fourth-order valence-electron chi connectivity index (χ4n) is 5.17. The third-order valence-electron chi connectivity index (χ3n) is 7.48. The molecule has 8 heteroatoms. The van der Waals surface area contributed by atoms with E-state index >= 15 is 0 Å². The maximum atomic E-state index is 14.7. The van der Waals surface area contributed by atoms with Gasteiger partial charge in [-0.2, -0.15) is 0 Å². The number of benzene rings is 3. The summed E-state index contributed by atoms with van der Waals surface area (Å²) in [5.41, 5.74) is 2.58. The number of nitrogens with one attached hydrogen (secondary N) is 2. The molecular weight excluding hydrogens is 598 g/mol. The number of alkyl carbamates (subject to hydrolysis) is 1. The Labute approximate surface area is 279 Å². The molecule has 2 N–H and O–H groups in total. The number of hydrogen-bond acceptors (Lipinski definition) is 4. The van der Waals surface area contributed by atoms with Gasteiger partial charge >= 0.3 is 6.09 Å². The molecule has 0 saturated carbocycles. The lowest BCUT2D eigenvalue weighted by Gasteiger charge is -2.35. The lowest BCUT2D eigenvalue weighted by Crippen LogP contribution is -2.53. The van der Waals surface area contributed by atoms with Gasteiger partial charge in [0.25, 0.3) is 5.91 Å². The Morgan fingerprint density at radius 1 is 0.935 bits per heavy atom. The highest BCUT2D eigenvalue weighted by Gasteiger charge is 2.36. The topological polar surface area (TPSA) is 87.7 Å². The maximum Gasteiger partial charge on any atom is 0.408 e. The summed E-state index contributed by atoms with van der Waals surface area (Å²) in [6.07, 6.45) is 9.84. The highest BCUT2D eigenvalue weighted by molar-refractivity contribution is 6.34. The largest absolute Gasteiger partial charge is 0.444 e. The van der Waals surface area contributed by atoms with Gasteiger partial charge in [0.1, 0.15) is 17.7 Å². The lowest BCUT2D eigenvalue weighted by molar-refractivity contribution is -0.140. The van der Waals surface area contributed by atoms with Crippen molar-refractivity contribution in [2.24, 2.45) is 0 Å². The van der Waals surface area contributed by atoms with Gasteiger partial charge in [-0.15, -0.1) is 6.42 Å². The minimum Gasteiger partial charge on any atom is -0.444 e. The molecule has 0 saturated heterocycles. The fourth-order valence-corrected chi connectivity index (χ4v) is 5.44. The molecule has 0 aliphatic heterocycles. The first kappa shape index (κ1) is 36.2. The maximum absolute atomic E-state index is 14.7. The standard InChI is InChI=1S/C38H46ClN3O4/c1-7-9-10-11-15-25-42(36(44)32(26-29-18-13-12-14-19-29)40-37(45)46-38(4,5)6)34(30-23-21-28(8-2)22-24-30)35(43)41-33-27(3)17-16-20-31(33)39/h2,12-14,16-24,32,34H,7,9-11,15,25-26H2,1,3-6H3,(H,40,45)(H,41,43). The van der Waals surface area contributed by atoms with Crippen LogP contribution in [0.5, 0.6) is 0 Å². The zero-order valence-corrected chi connectivity index (χ0v) is 28.3. The van der Waals surface area contributed by atoms with Gasteiger partial charge in [0.2, 0.25) is 5.91 Å². The van der Waals surface area contributed by atoms with Crippen LogP contribution >= 0.6 is 11.6 Å². The number of terminal acetylenes is 1. The summed E-state index contributed by atoms with van der Waals surface area (Å²) in [6.45, 7) is 9.58. The van der Waals surface area contributed by atoms with E-state index in [9.17, 15) is 14.4 Å². The molecule has 2 unspecified atom stereocenters. The Morgan fingerprint density at radius 3 is 2.22 bits per heavy atom. The van der Waals surface area contributed by atoms with Crippen LogP contribution < -0.4 is 10.6 Å². The van der Waals surface area contributed by atoms with Gasteiger partial charge in [-0.1, -0.05) is 105 Å². The molecular formula is C38H46ClN3O4. The third-order valence-corrected chi connectivity index (χ3v) is 7.80. The SMILES string of the molecule is C#Cc1ccc(C(C(=O)Nc2c(C)cccc2Cl)N(CCCCCCC)C(=O)C(Cc2ccccc2)NC(=O)OC(C)(C)C)cc1. The number of halogens is 1. The molecule has 3 rings (SSSR count). The van der Waals surface area contributed by atoms with Crippen LogP contribution in [0, 0.1) is 19.3 Å². The average molecular weight is 644 g/mol. The van der Waals surface area contributed by atoms with Crippen LogP contribution in [-0.2, 0) is 20.7 Å². The van der Waals surface area contributed by atoms with E-state index < -0.39 is 35.6 Å². The second-order valence-corrected chi connectivity index (χ2v) is 12.8. The van der Waals surface area contributed by atoms with Crippen molar-refractivity contribution in [3.63, 3.8) is 0 Å². The molecule has 0 spiro atoms. The van der Waals surface area contributed by atoms with Crippen LogP contribution in [0.1, 0.15) is 88.1 Å². The van der Waals surface area contributed by atoms with Crippen LogP contribution in [0.15, 0.2) is 72.8 Å².